The van der Waals surface area contributed by atoms with Gasteiger partial charge in [-0.3, -0.25) is 4.68 Å². The fraction of sp³-hybridized carbons (Fsp3) is 0.333. The molecule has 20 heavy (non-hydrogen) atoms. The molecular weight excluding hydrogens is 256 g/mol. The molecule has 0 fully saturated rings. The Morgan fingerprint density at radius 2 is 1.85 bits per heavy atom. The van der Waals surface area contributed by atoms with E-state index in [1.807, 2.05) is 22.9 Å². The zero-order valence-electron chi connectivity index (χ0n) is 11.8. The molecule has 1 N–H and O–H groups in total. The van der Waals surface area contributed by atoms with E-state index in [1.54, 1.807) is 18.3 Å². The third kappa shape index (κ3) is 2.99. The van der Waals surface area contributed by atoms with Gasteiger partial charge in [-0.2, -0.15) is 5.10 Å². The Morgan fingerprint density at radius 1 is 1.20 bits per heavy atom. The monoisotopic (exact) mass is 274 g/mol. The van der Waals surface area contributed by atoms with E-state index in [0.29, 0.717) is 5.75 Å². The highest BCUT2D eigenvalue weighted by molar-refractivity contribution is 5.72. The summed E-state index contributed by atoms with van der Waals surface area (Å²) >= 11 is 0. The van der Waals surface area contributed by atoms with Crippen molar-refractivity contribution in [1.29, 1.82) is 0 Å². The van der Waals surface area contributed by atoms with Crippen LogP contribution >= 0.6 is 0 Å². The van der Waals surface area contributed by atoms with Crippen LogP contribution in [0.4, 0.5) is 0 Å². The van der Waals surface area contributed by atoms with Gasteiger partial charge in [-0.1, -0.05) is 0 Å². The zero-order chi connectivity index (χ0) is 14.7. The van der Waals surface area contributed by atoms with Crippen molar-refractivity contribution in [3.05, 3.63) is 36.5 Å². The highest BCUT2D eigenvalue weighted by atomic mass is 16.5. The van der Waals surface area contributed by atoms with E-state index in [2.05, 4.69) is 18.9 Å². The standard InChI is InChI=1S/C15H18N2O3/c1-10(2)17-14(8-9-16-17)12-4-6-13(7-5-12)20-11(3)15(18)19/h4-11H,1-3H3,(H,18,19). The number of carbonyl (C=O) groups is 1. The predicted octanol–water partition coefficient (Wildman–Crippen LogP) is 2.98. The average molecular weight is 274 g/mol. The van der Waals surface area contributed by atoms with Crippen molar-refractivity contribution in [2.75, 3.05) is 0 Å². The van der Waals surface area contributed by atoms with Crippen LogP contribution in [0.3, 0.4) is 0 Å². The summed E-state index contributed by atoms with van der Waals surface area (Å²) in [5, 5.41) is 13.1. The predicted molar refractivity (Wildman–Crippen MR) is 75.8 cm³/mol. The third-order valence-electron chi connectivity index (χ3n) is 2.97. The molecular formula is C15H18N2O3. The lowest BCUT2D eigenvalue weighted by Crippen LogP contribution is -2.22. The summed E-state index contributed by atoms with van der Waals surface area (Å²) in [7, 11) is 0. The van der Waals surface area contributed by atoms with Gasteiger partial charge in [-0.15, -0.1) is 0 Å². The number of carboxylic acids is 1. The van der Waals surface area contributed by atoms with Gasteiger partial charge in [0.05, 0.1) is 5.69 Å². The summed E-state index contributed by atoms with van der Waals surface area (Å²) in [6.45, 7) is 5.65. The Hall–Kier alpha value is -2.30. The Morgan fingerprint density at radius 3 is 2.40 bits per heavy atom. The van der Waals surface area contributed by atoms with E-state index in [-0.39, 0.29) is 6.04 Å². The molecule has 5 heteroatoms. The van der Waals surface area contributed by atoms with Gasteiger partial charge >= 0.3 is 5.97 Å². The smallest absolute Gasteiger partial charge is 0.344 e. The third-order valence-corrected chi connectivity index (χ3v) is 2.97. The molecule has 2 aromatic rings. The minimum Gasteiger partial charge on any atom is -0.479 e. The molecule has 0 aliphatic heterocycles. The van der Waals surface area contributed by atoms with Gasteiger partial charge in [-0.25, -0.2) is 4.79 Å². The Bertz CT molecular complexity index is 587. The van der Waals surface area contributed by atoms with E-state index < -0.39 is 12.1 Å². The van der Waals surface area contributed by atoms with Crippen molar-refractivity contribution in [3.63, 3.8) is 0 Å². The number of rotatable bonds is 5. The summed E-state index contributed by atoms with van der Waals surface area (Å²) in [6, 6.07) is 9.58. The number of hydrogen-bond donors (Lipinski definition) is 1. The zero-order valence-corrected chi connectivity index (χ0v) is 11.8. The van der Waals surface area contributed by atoms with Gasteiger partial charge in [0.2, 0.25) is 0 Å². The maximum absolute atomic E-state index is 10.7. The molecule has 0 saturated carbocycles. The molecule has 0 amide bonds. The number of carboxylic acid groups (broad SMARTS) is 1. The Balaban J connectivity index is 2.20. The molecule has 0 aliphatic carbocycles. The second-order valence-corrected chi connectivity index (χ2v) is 4.88. The van der Waals surface area contributed by atoms with Gasteiger partial charge in [0.25, 0.3) is 0 Å². The normalized spacial score (nSPS) is 12.4. The molecule has 1 aromatic carbocycles. The lowest BCUT2D eigenvalue weighted by molar-refractivity contribution is -0.144. The molecule has 0 saturated heterocycles. The van der Waals surface area contributed by atoms with Crippen LogP contribution in [-0.2, 0) is 4.79 Å². The summed E-state index contributed by atoms with van der Waals surface area (Å²) in [5.41, 5.74) is 2.05. The number of nitrogens with zero attached hydrogens (tertiary/aromatic N) is 2. The van der Waals surface area contributed by atoms with Crippen molar-refractivity contribution >= 4 is 5.97 Å². The molecule has 0 spiro atoms. The molecule has 0 radical (unpaired) electrons. The van der Waals surface area contributed by atoms with Crippen LogP contribution in [-0.4, -0.2) is 27.0 Å². The number of aliphatic carboxylic acids is 1. The van der Waals surface area contributed by atoms with Crippen molar-refractivity contribution in [3.8, 4) is 17.0 Å². The minimum atomic E-state index is -0.980. The first-order valence-electron chi connectivity index (χ1n) is 6.52. The van der Waals surface area contributed by atoms with Crippen LogP contribution in [0.2, 0.25) is 0 Å². The van der Waals surface area contributed by atoms with Crippen LogP contribution < -0.4 is 4.74 Å². The van der Waals surface area contributed by atoms with Crippen molar-refractivity contribution < 1.29 is 14.6 Å². The van der Waals surface area contributed by atoms with E-state index in [1.165, 1.54) is 6.92 Å². The molecule has 1 heterocycles. The number of ether oxygens (including phenoxy) is 1. The van der Waals surface area contributed by atoms with E-state index in [9.17, 15) is 4.79 Å². The maximum atomic E-state index is 10.7. The largest absolute Gasteiger partial charge is 0.479 e. The molecule has 106 valence electrons. The topological polar surface area (TPSA) is 64.4 Å². The average Bonchev–Trinajstić information content (AvgIpc) is 2.88. The van der Waals surface area contributed by atoms with Crippen LogP contribution in [0, 0.1) is 0 Å². The Labute approximate surface area is 117 Å². The van der Waals surface area contributed by atoms with Gasteiger partial charge in [0.15, 0.2) is 6.10 Å². The minimum absolute atomic E-state index is 0.281. The maximum Gasteiger partial charge on any atom is 0.344 e. The molecule has 0 aliphatic rings. The van der Waals surface area contributed by atoms with Crippen LogP contribution in [0.5, 0.6) is 5.75 Å². The Kier molecular flexibility index (Phi) is 4.08. The number of benzene rings is 1. The molecule has 2 rings (SSSR count). The second-order valence-electron chi connectivity index (χ2n) is 4.88. The molecule has 1 aromatic heterocycles. The van der Waals surface area contributed by atoms with Gasteiger partial charge in [-0.05, 0) is 51.1 Å². The van der Waals surface area contributed by atoms with Crippen molar-refractivity contribution in [1.82, 2.24) is 9.78 Å². The summed E-state index contributed by atoms with van der Waals surface area (Å²) < 4.78 is 7.24. The quantitative estimate of drug-likeness (QED) is 0.910. The van der Waals surface area contributed by atoms with Crippen molar-refractivity contribution in [2.45, 2.75) is 32.9 Å². The molecule has 5 nitrogen and oxygen atoms in total. The van der Waals surface area contributed by atoms with Crippen LogP contribution in [0.15, 0.2) is 36.5 Å². The van der Waals surface area contributed by atoms with E-state index >= 15 is 0 Å². The first-order valence-corrected chi connectivity index (χ1v) is 6.52. The fourth-order valence-electron chi connectivity index (χ4n) is 1.91. The first-order chi connectivity index (χ1) is 9.49. The summed E-state index contributed by atoms with van der Waals surface area (Å²) in [4.78, 5) is 10.7. The number of hydrogen-bond acceptors (Lipinski definition) is 3. The molecule has 1 unspecified atom stereocenters. The highest BCUT2D eigenvalue weighted by Crippen LogP contribution is 2.24. The van der Waals surface area contributed by atoms with Crippen LogP contribution in [0.1, 0.15) is 26.8 Å². The second kappa shape index (κ2) is 5.77. The SMILES string of the molecule is CC(Oc1ccc(-c2ccnn2C(C)C)cc1)C(=O)O. The fourth-order valence-corrected chi connectivity index (χ4v) is 1.91. The highest BCUT2D eigenvalue weighted by Gasteiger charge is 2.13. The summed E-state index contributed by atoms with van der Waals surface area (Å²) in [5.74, 6) is -0.439. The van der Waals surface area contributed by atoms with Crippen molar-refractivity contribution in [2.24, 2.45) is 0 Å². The summed E-state index contributed by atoms with van der Waals surface area (Å²) in [6.07, 6.45) is 0.911. The number of aromatic nitrogens is 2. The lowest BCUT2D eigenvalue weighted by Gasteiger charge is -2.13. The van der Waals surface area contributed by atoms with E-state index in [0.717, 1.165) is 11.3 Å². The van der Waals surface area contributed by atoms with Gasteiger partial charge in [0, 0.05) is 17.8 Å². The molecule has 0 bridgehead atoms. The van der Waals surface area contributed by atoms with E-state index in [4.69, 9.17) is 9.84 Å². The van der Waals surface area contributed by atoms with Gasteiger partial charge in [0.1, 0.15) is 5.75 Å². The lowest BCUT2D eigenvalue weighted by atomic mass is 10.1. The van der Waals surface area contributed by atoms with Gasteiger partial charge < -0.3 is 9.84 Å². The first kappa shape index (κ1) is 14.1. The molecule has 1 atom stereocenters. The van der Waals surface area contributed by atoms with Crippen LogP contribution in [0.25, 0.3) is 11.3 Å².